The minimum Gasteiger partial charge on any atom is -0.338 e. The molecule has 1 aliphatic rings. The van der Waals surface area contributed by atoms with Gasteiger partial charge in [-0.25, -0.2) is 0 Å². The molecule has 18 heavy (non-hydrogen) atoms. The molecule has 0 saturated carbocycles. The first kappa shape index (κ1) is 13.8. The summed E-state index contributed by atoms with van der Waals surface area (Å²) in [5, 5.41) is 5.83. The predicted molar refractivity (Wildman–Crippen MR) is 76.5 cm³/mol. The molecule has 1 aromatic rings. The number of hydrogen-bond donors (Lipinski definition) is 1. The van der Waals surface area contributed by atoms with Crippen LogP contribution >= 0.6 is 22.9 Å². The van der Waals surface area contributed by atoms with Crippen molar-refractivity contribution >= 4 is 28.8 Å². The Morgan fingerprint density at radius 1 is 1.56 bits per heavy atom. The second-order valence-electron chi connectivity index (χ2n) is 4.64. The van der Waals surface area contributed by atoms with Crippen molar-refractivity contribution in [3.63, 3.8) is 0 Å². The van der Waals surface area contributed by atoms with Gasteiger partial charge in [-0.3, -0.25) is 4.79 Å². The average Bonchev–Trinajstić information content (AvgIpc) is 2.82. The van der Waals surface area contributed by atoms with Gasteiger partial charge in [0.25, 0.3) is 5.91 Å². The first-order chi connectivity index (χ1) is 8.72. The van der Waals surface area contributed by atoms with Crippen molar-refractivity contribution in [3.8, 4) is 0 Å². The van der Waals surface area contributed by atoms with Gasteiger partial charge in [0, 0.05) is 13.1 Å². The smallest absolute Gasteiger partial charge is 0.265 e. The van der Waals surface area contributed by atoms with E-state index in [1.807, 2.05) is 10.3 Å². The molecule has 0 bridgehead atoms. The lowest BCUT2D eigenvalue weighted by atomic mass is 9.96. The number of amides is 1. The lowest BCUT2D eigenvalue weighted by Crippen LogP contribution is -2.40. The molecule has 1 saturated heterocycles. The van der Waals surface area contributed by atoms with Crippen LogP contribution in [0.2, 0.25) is 5.02 Å². The highest BCUT2D eigenvalue weighted by atomic mass is 35.5. The molecule has 2 rings (SSSR count). The summed E-state index contributed by atoms with van der Waals surface area (Å²) in [6.45, 7) is 5.91. The molecule has 0 radical (unpaired) electrons. The highest BCUT2D eigenvalue weighted by molar-refractivity contribution is 7.12. The summed E-state index contributed by atoms with van der Waals surface area (Å²) in [5.74, 6) is 0.796. The Bertz CT molecular complexity index is 399. The number of carbonyl (C=O) groups excluding carboxylic acids is 1. The zero-order chi connectivity index (χ0) is 13.0. The molecule has 0 unspecified atom stereocenters. The summed E-state index contributed by atoms with van der Waals surface area (Å²) < 4.78 is 0. The van der Waals surface area contributed by atoms with Crippen molar-refractivity contribution in [2.75, 3.05) is 26.2 Å². The first-order valence-electron chi connectivity index (χ1n) is 6.45. The van der Waals surface area contributed by atoms with Crippen LogP contribution in [0, 0.1) is 5.92 Å². The molecule has 2 heterocycles. The molecular formula is C13H19ClN2OS. The highest BCUT2D eigenvalue weighted by Gasteiger charge is 2.25. The van der Waals surface area contributed by atoms with Gasteiger partial charge < -0.3 is 10.2 Å². The van der Waals surface area contributed by atoms with Crippen LogP contribution in [0.25, 0.3) is 0 Å². The standard InChI is InChI=1S/C13H19ClN2OS/c1-2-15-9-10-3-6-16(7-4-10)13(17)12-11(14)5-8-18-12/h5,8,10,15H,2-4,6-7,9H2,1H3. The number of carbonyl (C=O) groups is 1. The Labute approximate surface area is 117 Å². The summed E-state index contributed by atoms with van der Waals surface area (Å²) in [6, 6.07) is 1.79. The van der Waals surface area contributed by atoms with E-state index in [1.54, 1.807) is 6.07 Å². The summed E-state index contributed by atoms with van der Waals surface area (Å²) in [4.78, 5) is 14.9. The largest absolute Gasteiger partial charge is 0.338 e. The molecule has 1 aliphatic heterocycles. The molecule has 100 valence electrons. The van der Waals surface area contributed by atoms with Crippen molar-refractivity contribution in [2.45, 2.75) is 19.8 Å². The van der Waals surface area contributed by atoms with Gasteiger partial charge in [-0.2, -0.15) is 0 Å². The van der Waals surface area contributed by atoms with E-state index in [-0.39, 0.29) is 5.91 Å². The van der Waals surface area contributed by atoms with Crippen LogP contribution in [-0.2, 0) is 0 Å². The second kappa shape index (κ2) is 6.55. The Morgan fingerprint density at radius 2 is 2.28 bits per heavy atom. The van der Waals surface area contributed by atoms with Crippen molar-refractivity contribution in [1.82, 2.24) is 10.2 Å². The van der Waals surface area contributed by atoms with Crippen LogP contribution in [0.3, 0.4) is 0 Å². The van der Waals surface area contributed by atoms with Gasteiger partial charge in [0.05, 0.1) is 5.02 Å². The van der Waals surface area contributed by atoms with Crippen molar-refractivity contribution in [1.29, 1.82) is 0 Å². The van der Waals surface area contributed by atoms with Gasteiger partial charge in [-0.1, -0.05) is 18.5 Å². The monoisotopic (exact) mass is 286 g/mol. The number of hydrogen-bond acceptors (Lipinski definition) is 3. The fraction of sp³-hybridized carbons (Fsp3) is 0.615. The minimum atomic E-state index is 0.0944. The van der Waals surface area contributed by atoms with Gasteiger partial charge in [-0.15, -0.1) is 11.3 Å². The Kier molecular flexibility index (Phi) is 5.03. The molecule has 0 atom stereocenters. The predicted octanol–water partition coefficient (Wildman–Crippen LogP) is 2.86. The van der Waals surface area contributed by atoms with Crippen LogP contribution in [-0.4, -0.2) is 37.0 Å². The normalized spacial score (nSPS) is 17.1. The molecule has 1 fully saturated rings. The van der Waals surface area contributed by atoms with Gasteiger partial charge >= 0.3 is 0 Å². The number of halogens is 1. The number of rotatable bonds is 4. The van der Waals surface area contributed by atoms with Crippen LogP contribution in [0.15, 0.2) is 11.4 Å². The van der Waals surface area contributed by atoms with Gasteiger partial charge in [0.15, 0.2) is 0 Å². The maximum atomic E-state index is 12.2. The molecule has 0 aliphatic carbocycles. The van der Waals surface area contributed by atoms with E-state index in [1.165, 1.54) is 11.3 Å². The SMILES string of the molecule is CCNCC1CCN(C(=O)c2sccc2Cl)CC1. The van der Waals surface area contributed by atoms with Gasteiger partial charge in [0.2, 0.25) is 0 Å². The van der Waals surface area contributed by atoms with Crippen LogP contribution in [0.5, 0.6) is 0 Å². The number of piperidine rings is 1. The summed E-state index contributed by atoms with van der Waals surface area (Å²) in [5.41, 5.74) is 0. The number of nitrogens with zero attached hydrogens (tertiary/aromatic N) is 1. The molecule has 0 aromatic carbocycles. The average molecular weight is 287 g/mol. The lowest BCUT2D eigenvalue weighted by molar-refractivity contribution is 0.0695. The topological polar surface area (TPSA) is 32.3 Å². The van der Waals surface area contributed by atoms with E-state index < -0.39 is 0 Å². The highest BCUT2D eigenvalue weighted by Crippen LogP contribution is 2.26. The van der Waals surface area contributed by atoms with Crippen LogP contribution < -0.4 is 5.32 Å². The van der Waals surface area contributed by atoms with E-state index in [0.29, 0.717) is 15.8 Å². The maximum absolute atomic E-state index is 12.2. The van der Waals surface area contributed by atoms with Crippen molar-refractivity contribution in [3.05, 3.63) is 21.3 Å². The molecule has 0 spiro atoms. The van der Waals surface area contributed by atoms with Crippen molar-refractivity contribution < 1.29 is 4.79 Å². The minimum absolute atomic E-state index is 0.0944. The third-order valence-electron chi connectivity index (χ3n) is 3.40. The Hall–Kier alpha value is -0.580. The van der Waals surface area contributed by atoms with Crippen LogP contribution in [0.4, 0.5) is 0 Å². The number of thiophene rings is 1. The van der Waals surface area contributed by atoms with E-state index in [0.717, 1.165) is 39.0 Å². The molecule has 5 heteroatoms. The molecule has 1 aromatic heterocycles. The van der Waals surface area contributed by atoms with Crippen LogP contribution in [0.1, 0.15) is 29.4 Å². The Morgan fingerprint density at radius 3 is 2.83 bits per heavy atom. The summed E-state index contributed by atoms with van der Waals surface area (Å²) in [7, 11) is 0. The Balaban J connectivity index is 1.86. The first-order valence-corrected chi connectivity index (χ1v) is 7.71. The number of nitrogens with one attached hydrogen (secondary N) is 1. The van der Waals surface area contributed by atoms with Crippen molar-refractivity contribution in [2.24, 2.45) is 5.92 Å². The molecule has 3 nitrogen and oxygen atoms in total. The van der Waals surface area contributed by atoms with E-state index in [2.05, 4.69) is 12.2 Å². The zero-order valence-electron chi connectivity index (χ0n) is 10.6. The molecule has 1 N–H and O–H groups in total. The fourth-order valence-electron chi connectivity index (χ4n) is 2.28. The summed E-state index contributed by atoms with van der Waals surface area (Å²) in [6.07, 6.45) is 2.17. The van der Waals surface area contributed by atoms with Gasteiger partial charge in [-0.05, 0) is 43.3 Å². The van der Waals surface area contributed by atoms with Gasteiger partial charge in [0.1, 0.15) is 4.88 Å². The van der Waals surface area contributed by atoms with E-state index in [4.69, 9.17) is 11.6 Å². The zero-order valence-corrected chi connectivity index (χ0v) is 12.2. The third kappa shape index (κ3) is 3.25. The second-order valence-corrected chi connectivity index (χ2v) is 5.96. The summed E-state index contributed by atoms with van der Waals surface area (Å²) >= 11 is 7.43. The lowest BCUT2D eigenvalue weighted by Gasteiger charge is -2.31. The number of likely N-dealkylation sites (tertiary alicyclic amines) is 1. The third-order valence-corrected chi connectivity index (χ3v) is 4.73. The quantitative estimate of drug-likeness (QED) is 0.923. The van der Waals surface area contributed by atoms with E-state index >= 15 is 0 Å². The van der Waals surface area contributed by atoms with E-state index in [9.17, 15) is 4.79 Å². The fourth-order valence-corrected chi connectivity index (χ4v) is 3.38. The molecular weight excluding hydrogens is 268 g/mol. The molecule has 1 amide bonds. The maximum Gasteiger partial charge on any atom is 0.265 e.